The molecule has 0 amide bonds. The molecule has 30 heavy (non-hydrogen) atoms. The summed E-state index contributed by atoms with van der Waals surface area (Å²) in [7, 11) is 0. The maximum atomic E-state index is 12.1. The van der Waals surface area contributed by atoms with E-state index in [0.717, 1.165) is 12.8 Å². The van der Waals surface area contributed by atoms with E-state index in [1.165, 1.54) is 37.8 Å². The number of rotatable bonds is 13. The van der Waals surface area contributed by atoms with Gasteiger partial charge in [-0.05, 0) is 37.1 Å². The van der Waals surface area contributed by atoms with Crippen molar-refractivity contribution >= 4 is 11.6 Å². The molecule has 8 heteroatoms. The van der Waals surface area contributed by atoms with Gasteiger partial charge in [0.15, 0.2) is 11.6 Å². The standard InChI is InChI=1S/C22H28O7.K/c1-3-5-6-7-8-9-12-26-28-20(4-2)29-27-15-16-10-11-17-18(13-16)22(25)19(14-23)21(17)24;/h4,10-11,13-14,23H,3,5-9,12,15H2,1-2H3;/q;+1/p-1/b19-14-,20-4+;. The van der Waals surface area contributed by atoms with E-state index in [1.54, 1.807) is 19.1 Å². The van der Waals surface area contributed by atoms with Crippen molar-refractivity contribution in [3.8, 4) is 0 Å². The van der Waals surface area contributed by atoms with Gasteiger partial charge in [0, 0.05) is 11.1 Å². The average Bonchev–Trinajstić information content (AvgIpc) is 2.97. The molecule has 7 nitrogen and oxygen atoms in total. The number of carbonyl (C=O) groups is 2. The van der Waals surface area contributed by atoms with Crippen LogP contribution in [0.5, 0.6) is 0 Å². The molecule has 1 aromatic rings. The summed E-state index contributed by atoms with van der Waals surface area (Å²) in [6.45, 7) is 4.38. The van der Waals surface area contributed by atoms with Gasteiger partial charge in [-0.25, -0.2) is 0 Å². The first kappa shape index (κ1) is 27.0. The molecule has 0 heterocycles. The molecule has 0 aromatic heterocycles. The smallest absolute Gasteiger partial charge is 0.877 e. The van der Waals surface area contributed by atoms with Gasteiger partial charge in [0.2, 0.25) is 0 Å². The molecule has 0 spiro atoms. The van der Waals surface area contributed by atoms with Crippen molar-refractivity contribution in [1.82, 2.24) is 0 Å². The summed E-state index contributed by atoms with van der Waals surface area (Å²) < 4.78 is 0. The van der Waals surface area contributed by atoms with Crippen molar-refractivity contribution in [2.45, 2.75) is 59.0 Å². The number of hydrogen-bond acceptors (Lipinski definition) is 7. The van der Waals surface area contributed by atoms with Crippen LogP contribution in [0.2, 0.25) is 0 Å². The molecular weight excluding hydrogens is 415 g/mol. The predicted octanol–water partition coefficient (Wildman–Crippen LogP) is 0.932. The van der Waals surface area contributed by atoms with Crippen molar-refractivity contribution in [2.75, 3.05) is 6.61 Å². The van der Waals surface area contributed by atoms with Crippen LogP contribution in [-0.2, 0) is 26.2 Å². The molecule has 0 fully saturated rings. The largest absolute Gasteiger partial charge is 1.00 e. The second-order valence-electron chi connectivity index (χ2n) is 6.70. The Morgan fingerprint density at radius 3 is 2.33 bits per heavy atom. The summed E-state index contributed by atoms with van der Waals surface area (Å²) in [5.41, 5.74) is 0.687. The third kappa shape index (κ3) is 7.92. The fourth-order valence-electron chi connectivity index (χ4n) is 2.87. The van der Waals surface area contributed by atoms with E-state index < -0.39 is 11.6 Å². The molecule has 158 valence electrons. The fourth-order valence-corrected chi connectivity index (χ4v) is 2.87. The maximum Gasteiger partial charge on any atom is 1.00 e. The Balaban J connectivity index is 0.00000450. The molecule has 2 rings (SSSR count). The van der Waals surface area contributed by atoms with Crippen molar-refractivity contribution in [2.24, 2.45) is 0 Å². The first-order valence-corrected chi connectivity index (χ1v) is 9.92. The summed E-state index contributed by atoms with van der Waals surface area (Å²) in [6.07, 6.45) is 8.76. The third-order valence-electron chi connectivity index (χ3n) is 4.50. The third-order valence-corrected chi connectivity index (χ3v) is 4.50. The maximum absolute atomic E-state index is 12.1. The number of benzene rings is 1. The molecule has 0 radical (unpaired) electrons. The fraction of sp³-hybridized carbons (Fsp3) is 0.455. The first-order chi connectivity index (χ1) is 14.1. The monoisotopic (exact) mass is 442 g/mol. The van der Waals surface area contributed by atoms with Crippen LogP contribution >= 0.6 is 0 Å². The van der Waals surface area contributed by atoms with E-state index in [4.69, 9.17) is 19.6 Å². The van der Waals surface area contributed by atoms with Crippen molar-refractivity contribution in [3.63, 3.8) is 0 Å². The zero-order valence-corrected chi connectivity index (χ0v) is 21.0. The minimum absolute atomic E-state index is 0. The van der Waals surface area contributed by atoms with Crippen LogP contribution in [-0.4, -0.2) is 18.2 Å². The van der Waals surface area contributed by atoms with Gasteiger partial charge in [-0.2, -0.15) is 9.78 Å². The van der Waals surface area contributed by atoms with Crippen LogP contribution in [0.25, 0.3) is 0 Å². The van der Waals surface area contributed by atoms with Gasteiger partial charge in [0.25, 0.3) is 0 Å². The van der Waals surface area contributed by atoms with Crippen molar-refractivity contribution in [3.05, 3.63) is 58.7 Å². The Labute approximate surface area is 219 Å². The van der Waals surface area contributed by atoms with E-state index in [1.807, 2.05) is 0 Å². The molecule has 1 aliphatic carbocycles. The van der Waals surface area contributed by atoms with E-state index in [2.05, 4.69) is 6.92 Å². The van der Waals surface area contributed by atoms with Gasteiger partial charge >= 0.3 is 57.3 Å². The van der Waals surface area contributed by atoms with Gasteiger partial charge in [-0.1, -0.05) is 45.1 Å². The second kappa shape index (κ2) is 14.9. The number of carbonyl (C=O) groups excluding carboxylic acids is 2. The van der Waals surface area contributed by atoms with Gasteiger partial charge in [0.1, 0.15) is 6.61 Å². The number of Topliss-reactive ketones (excluding diaryl/α,β-unsaturated/α-hetero) is 2. The van der Waals surface area contributed by atoms with Crippen molar-refractivity contribution in [1.29, 1.82) is 0 Å². The summed E-state index contributed by atoms with van der Waals surface area (Å²) in [4.78, 5) is 44.3. The minimum atomic E-state index is -0.566. The summed E-state index contributed by atoms with van der Waals surface area (Å²) >= 11 is 0. The number of hydrogen-bond donors (Lipinski definition) is 0. The van der Waals surface area contributed by atoms with E-state index >= 15 is 0 Å². The zero-order valence-electron chi connectivity index (χ0n) is 17.9. The average molecular weight is 443 g/mol. The second-order valence-corrected chi connectivity index (χ2v) is 6.70. The molecule has 0 saturated heterocycles. The molecular formula is C22H27KO7. The predicted molar refractivity (Wildman–Crippen MR) is 103 cm³/mol. The van der Waals surface area contributed by atoms with Gasteiger partial charge in [-0.3, -0.25) is 19.4 Å². The zero-order chi connectivity index (χ0) is 21.1. The summed E-state index contributed by atoms with van der Waals surface area (Å²) in [6, 6.07) is 4.65. The Hall–Kier alpha value is -1.00. The molecule has 0 unspecified atom stereocenters. The van der Waals surface area contributed by atoms with Gasteiger partial charge in [0.05, 0.1) is 12.2 Å². The molecule has 1 aromatic carbocycles. The summed E-state index contributed by atoms with van der Waals surface area (Å²) in [5, 5.41) is 10.9. The normalized spacial score (nSPS) is 14.6. The number of fused-ring (bicyclic) bond motifs is 1. The van der Waals surface area contributed by atoms with E-state index in [9.17, 15) is 14.7 Å². The van der Waals surface area contributed by atoms with E-state index in [0.29, 0.717) is 18.4 Å². The topological polar surface area (TPSA) is 94.1 Å². The van der Waals surface area contributed by atoms with Crippen LogP contribution in [0.4, 0.5) is 0 Å². The minimum Gasteiger partial charge on any atom is -0.877 e. The molecule has 0 saturated carbocycles. The van der Waals surface area contributed by atoms with Crippen LogP contribution in [0.1, 0.15) is 78.7 Å². The van der Waals surface area contributed by atoms with E-state index in [-0.39, 0.29) is 80.6 Å². The number of unbranched alkanes of at least 4 members (excludes halogenated alkanes) is 5. The van der Waals surface area contributed by atoms with Crippen molar-refractivity contribution < 1.29 is 85.6 Å². The quantitative estimate of drug-likeness (QED) is 0.0853. The molecule has 1 aliphatic rings. The number of ketones is 2. The van der Waals surface area contributed by atoms with Crippen LogP contribution in [0, 0.1) is 0 Å². The Kier molecular flexibility index (Phi) is 13.4. The Bertz CT molecular complexity index is 771. The van der Waals surface area contributed by atoms with Gasteiger partial charge in [-0.15, -0.1) is 6.26 Å². The molecule has 0 aliphatic heterocycles. The molecule has 0 bridgehead atoms. The number of allylic oxidation sites excluding steroid dienone is 2. The Morgan fingerprint density at radius 2 is 1.63 bits per heavy atom. The summed E-state index contributed by atoms with van der Waals surface area (Å²) in [5.74, 6) is -1.04. The first-order valence-electron chi connectivity index (χ1n) is 9.92. The van der Waals surface area contributed by atoms with Crippen LogP contribution < -0.4 is 56.5 Å². The van der Waals surface area contributed by atoms with Gasteiger partial charge < -0.3 is 5.11 Å². The SMILES string of the molecule is C/C=C(\OOCCCCCCCC)OOCc1ccc2c(c1)C(=O)/C(=C\[O-])C2=O.[K+]. The van der Waals surface area contributed by atoms with Crippen LogP contribution in [0.15, 0.2) is 42.1 Å². The molecule has 0 atom stereocenters. The Morgan fingerprint density at radius 1 is 0.967 bits per heavy atom. The van der Waals surface area contributed by atoms with Crippen LogP contribution in [0.3, 0.4) is 0 Å². The molecule has 0 N–H and O–H groups in total.